The normalized spacial score (nSPS) is 12.5. The van der Waals surface area contributed by atoms with Gasteiger partial charge in [-0.1, -0.05) is 237 Å². The summed E-state index contributed by atoms with van der Waals surface area (Å²) in [6, 6.07) is 91.0. The molecule has 318 valence electrons. The van der Waals surface area contributed by atoms with Gasteiger partial charge in [-0.15, -0.1) is 0 Å². The first-order valence-corrected chi connectivity index (χ1v) is 23.2. The zero-order valence-electron chi connectivity index (χ0n) is 37.0. The average Bonchev–Trinajstić information content (AvgIpc) is 3.97. The molecule has 0 bridgehead atoms. The summed E-state index contributed by atoms with van der Waals surface area (Å²) in [7, 11) is 0. The van der Waals surface area contributed by atoms with Gasteiger partial charge < -0.3 is 0 Å². The Kier molecular flexibility index (Phi) is 9.36. The van der Waals surface area contributed by atoms with Gasteiger partial charge in [0.15, 0.2) is 5.82 Å². The Balaban J connectivity index is 0.976. The second-order valence-electron chi connectivity index (χ2n) is 17.5. The van der Waals surface area contributed by atoms with Crippen LogP contribution in [0, 0.1) is 0 Å². The van der Waals surface area contributed by atoms with Gasteiger partial charge in [-0.25, -0.2) is 14.5 Å². The van der Waals surface area contributed by atoms with Crippen molar-refractivity contribution in [3.05, 3.63) is 277 Å². The second-order valence-corrected chi connectivity index (χ2v) is 17.5. The molecule has 0 atom stereocenters. The lowest BCUT2D eigenvalue weighted by atomic mass is 9.67. The minimum absolute atomic E-state index is 0.523. The highest BCUT2D eigenvalue weighted by atomic mass is 15.2. The third-order valence-electron chi connectivity index (χ3n) is 13.7. The summed E-state index contributed by atoms with van der Waals surface area (Å²) in [5.41, 5.74) is 19.1. The van der Waals surface area contributed by atoms with Crippen molar-refractivity contribution in [3.8, 4) is 78.7 Å². The molecule has 0 fully saturated rings. The fourth-order valence-corrected chi connectivity index (χ4v) is 10.6. The molecule has 1 aliphatic carbocycles. The topological polar surface area (TPSA) is 43.1 Å². The third kappa shape index (κ3) is 6.34. The Morgan fingerprint density at radius 2 is 0.868 bits per heavy atom. The predicted molar refractivity (Wildman–Crippen MR) is 278 cm³/mol. The van der Waals surface area contributed by atoms with E-state index in [1.54, 1.807) is 0 Å². The Bertz CT molecular complexity index is 3770. The Labute approximate surface area is 395 Å². The van der Waals surface area contributed by atoms with Crippen molar-refractivity contribution in [3.63, 3.8) is 0 Å². The number of rotatable bonds is 8. The van der Waals surface area contributed by atoms with Gasteiger partial charge in [-0.2, -0.15) is 5.10 Å². The standard InChI is InChI=1S/C64H42N4/c1-6-20-45(21-7-1)60-61(46-22-8-2-9-23-46)67-68-59(41-48-26-16-17-31-52(48)62(60)68)44-36-34-43(35-37-44)57-42-58(66-63(65-57)47-24-10-3-11-25-47)49-38-39-54-53-32-18-19-33-55(53)64(56(54)40-49,50-27-12-4-13-28-50)51-29-14-5-15-30-51/h1-42H. The molecule has 0 unspecified atom stereocenters. The van der Waals surface area contributed by atoms with E-state index in [1.165, 1.54) is 33.4 Å². The predicted octanol–water partition coefficient (Wildman–Crippen LogP) is 15.6. The molecule has 0 radical (unpaired) electrons. The molecule has 0 saturated heterocycles. The van der Waals surface area contributed by atoms with Crippen LogP contribution in [0.3, 0.4) is 0 Å². The number of aromatic nitrogens is 4. The second kappa shape index (κ2) is 16.2. The van der Waals surface area contributed by atoms with E-state index in [0.29, 0.717) is 5.82 Å². The Morgan fingerprint density at radius 3 is 1.54 bits per heavy atom. The molecular weight excluding hydrogens is 825 g/mol. The van der Waals surface area contributed by atoms with Gasteiger partial charge in [0.25, 0.3) is 0 Å². The van der Waals surface area contributed by atoms with Crippen molar-refractivity contribution >= 4 is 16.3 Å². The Hall–Kier alpha value is -8.99. The minimum atomic E-state index is -0.523. The molecule has 1 aliphatic rings. The molecule has 0 aliphatic heterocycles. The van der Waals surface area contributed by atoms with Crippen LogP contribution in [0.5, 0.6) is 0 Å². The summed E-state index contributed by atoms with van der Waals surface area (Å²) in [5.74, 6) is 0.679. The molecule has 3 aromatic heterocycles. The number of fused-ring (bicyclic) bond motifs is 6. The third-order valence-corrected chi connectivity index (χ3v) is 13.7. The molecule has 9 aromatic carbocycles. The molecule has 0 amide bonds. The lowest BCUT2D eigenvalue weighted by Gasteiger charge is -2.34. The number of benzene rings is 9. The van der Waals surface area contributed by atoms with Crippen molar-refractivity contribution in [1.82, 2.24) is 19.6 Å². The first-order valence-electron chi connectivity index (χ1n) is 23.2. The van der Waals surface area contributed by atoms with Crippen LogP contribution >= 0.6 is 0 Å². The Morgan fingerprint density at radius 1 is 0.353 bits per heavy atom. The molecule has 4 heteroatoms. The molecule has 13 rings (SSSR count). The van der Waals surface area contributed by atoms with Crippen LogP contribution in [0.2, 0.25) is 0 Å². The fourth-order valence-electron chi connectivity index (χ4n) is 10.6. The van der Waals surface area contributed by atoms with Crippen LogP contribution in [0.25, 0.3) is 95.0 Å². The van der Waals surface area contributed by atoms with Gasteiger partial charge in [-0.05, 0) is 62.5 Å². The molecule has 68 heavy (non-hydrogen) atoms. The van der Waals surface area contributed by atoms with E-state index in [4.69, 9.17) is 15.1 Å². The monoisotopic (exact) mass is 866 g/mol. The van der Waals surface area contributed by atoms with E-state index in [1.807, 2.05) is 18.2 Å². The van der Waals surface area contributed by atoms with Crippen molar-refractivity contribution in [2.75, 3.05) is 0 Å². The largest absolute Gasteiger partial charge is 0.231 e. The van der Waals surface area contributed by atoms with E-state index in [9.17, 15) is 0 Å². The van der Waals surface area contributed by atoms with Crippen molar-refractivity contribution in [2.24, 2.45) is 0 Å². The van der Waals surface area contributed by atoms with Crippen LogP contribution in [-0.2, 0) is 5.41 Å². The van der Waals surface area contributed by atoms with Gasteiger partial charge in [-0.3, -0.25) is 0 Å². The van der Waals surface area contributed by atoms with Gasteiger partial charge in [0.2, 0.25) is 0 Å². The van der Waals surface area contributed by atoms with Gasteiger partial charge >= 0.3 is 0 Å². The number of hydrogen-bond donors (Lipinski definition) is 0. The molecular formula is C64H42N4. The van der Waals surface area contributed by atoms with Crippen LogP contribution in [-0.4, -0.2) is 19.6 Å². The number of hydrogen-bond acceptors (Lipinski definition) is 3. The molecule has 0 N–H and O–H groups in total. The zero-order valence-corrected chi connectivity index (χ0v) is 37.0. The highest BCUT2D eigenvalue weighted by molar-refractivity contribution is 6.08. The first kappa shape index (κ1) is 39.4. The quantitative estimate of drug-likeness (QED) is 0.153. The van der Waals surface area contributed by atoms with Crippen LogP contribution < -0.4 is 0 Å². The SMILES string of the molecule is c1ccc(-c2nc(-c3ccc(-c4cc5ccccc5c5c(-c6ccccc6)c(-c6ccccc6)nn45)cc3)cc(-c3ccc4c(c3)C(c3ccccc3)(c3ccccc3)c3ccccc3-4)n2)cc1. The van der Waals surface area contributed by atoms with Crippen molar-refractivity contribution < 1.29 is 0 Å². The highest BCUT2D eigenvalue weighted by Gasteiger charge is 2.46. The maximum atomic E-state index is 5.44. The maximum Gasteiger partial charge on any atom is 0.160 e. The van der Waals surface area contributed by atoms with E-state index < -0.39 is 5.41 Å². The van der Waals surface area contributed by atoms with E-state index >= 15 is 0 Å². The van der Waals surface area contributed by atoms with Gasteiger partial charge in [0.05, 0.1) is 28.0 Å². The molecule has 12 aromatic rings. The van der Waals surface area contributed by atoms with Gasteiger partial charge in [0.1, 0.15) is 5.69 Å². The summed E-state index contributed by atoms with van der Waals surface area (Å²) < 4.78 is 2.15. The molecule has 0 spiro atoms. The van der Waals surface area contributed by atoms with E-state index in [0.717, 1.165) is 78.0 Å². The molecule has 0 saturated carbocycles. The summed E-state index contributed by atoms with van der Waals surface area (Å²) in [6.45, 7) is 0. The summed E-state index contributed by atoms with van der Waals surface area (Å²) in [4.78, 5) is 10.6. The number of pyridine rings is 1. The fraction of sp³-hybridized carbons (Fsp3) is 0.0156. The minimum Gasteiger partial charge on any atom is -0.231 e. The van der Waals surface area contributed by atoms with Crippen LogP contribution in [0.15, 0.2) is 255 Å². The average molecular weight is 867 g/mol. The first-order chi connectivity index (χ1) is 33.7. The summed E-state index contributed by atoms with van der Waals surface area (Å²) >= 11 is 0. The van der Waals surface area contributed by atoms with Crippen LogP contribution in [0.1, 0.15) is 22.3 Å². The van der Waals surface area contributed by atoms with Crippen molar-refractivity contribution in [2.45, 2.75) is 5.41 Å². The van der Waals surface area contributed by atoms with E-state index in [2.05, 4.69) is 241 Å². The van der Waals surface area contributed by atoms with Gasteiger partial charge in [0, 0.05) is 38.8 Å². The van der Waals surface area contributed by atoms with Crippen molar-refractivity contribution in [1.29, 1.82) is 0 Å². The highest BCUT2D eigenvalue weighted by Crippen LogP contribution is 2.56. The molecule has 3 heterocycles. The summed E-state index contributed by atoms with van der Waals surface area (Å²) in [6.07, 6.45) is 0. The zero-order chi connectivity index (χ0) is 45.0. The maximum absolute atomic E-state index is 5.44. The number of nitrogens with zero attached hydrogens (tertiary/aromatic N) is 4. The molecule has 4 nitrogen and oxygen atoms in total. The summed E-state index contributed by atoms with van der Waals surface area (Å²) in [5, 5.41) is 7.75. The lowest BCUT2D eigenvalue weighted by Crippen LogP contribution is -2.28. The van der Waals surface area contributed by atoms with Crippen LogP contribution in [0.4, 0.5) is 0 Å². The smallest absolute Gasteiger partial charge is 0.160 e. The van der Waals surface area contributed by atoms with E-state index in [-0.39, 0.29) is 0 Å². The lowest BCUT2D eigenvalue weighted by molar-refractivity contribution is 0.768.